The molecular weight excluding hydrogens is 214 g/mol. The molecule has 0 saturated carbocycles. The van der Waals surface area contributed by atoms with Crippen LogP contribution in [-0.4, -0.2) is 9.97 Å². The average Bonchev–Trinajstić information content (AvgIpc) is 2.29. The number of hydrogen-bond donors (Lipinski definition) is 1. The van der Waals surface area contributed by atoms with Crippen molar-refractivity contribution in [2.75, 3.05) is 0 Å². The molecule has 0 radical (unpaired) electrons. The van der Waals surface area contributed by atoms with Crippen molar-refractivity contribution >= 4 is 10.9 Å². The van der Waals surface area contributed by atoms with Crippen LogP contribution in [0.4, 0.5) is 0 Å². The number of aromatic amines is 1. The second kappa shape index (κ2) is 4.38. The number of fused-ring (bicyclic) bond motifs is 1. The van der Waals surface area contributed by atoms with Crippen LogP contribution in [0.2, 0.25) is 0 Å². The number of nitrogens with zero attached hydrogens (tertiary/aromatic N) is 2. The van der Waals surface area contributed by atoms with E-state index in [9.17, 15) is 4.79 Å². The molecule has 2 aromatic rings. The van der Waals surface area contributed by atoms with E-state index in [1.165, 1.54) is 0 Å². The molecule has 1 aromatic heterocycles. The molecule has 1 aromatic carbocycles. The van der Waals surface area contributed by atoms with E-state index < -0.39 is 0 Å². The Bertz CT molecular complexity index is 650. The van der Waals surface area contributed by atoms with Crippen molar-refractivity contribution in [3.05, 3.63) is 39.9 Å². The fourth-order valence-electron chi connectivity index (χ4n) is 1.72. The number of nitriles is 1. The Morgan fingerprint density at radius 2 is 2.24 bits per heavy atom. The zero-order chi connectivity index (χ0) is 12.4. The predicted molar refractivity (Wildman–Crippen MR) is 65.8 cm³/mol. The number of nitrogens with one attached hydrogen (secondary N) is 1. The first-order chi connectivity index (χ1) is 8.11. The fourth-order valence-corrected chi connectivity index (χ4v) is 1.72. The maximum Gasteiger partial charge on any atom is 0.258 e. The molecule has 1 N–H and O–H groups in total. The highest BCUT2D eigenvalue weighted by atomic mass is 16.1. The van der Waals surface area contributed by atoms with Gasteiger partial charge in [0, 0.05) is 0 Å². The van der Waals surface area contributed by atoms with Crippen LogP contribution in [-0.2, 0) is 6.42 Å². The topological polar surface area (TPSA) is 69.5 Å². The van der Waals surface area contributed by atoms with Gasteiger partial charge in [-0.1, -0.05) is 19.9 Å². The highest BCUT2D eigenvalue weighted by molar-refractivity contribution is 5.78. The van der Waals surface area contributed by atoms with Crippen molar-refractivity contribution in [1.82, 2.24) is 9.97 Å². The van der Waals surface area contributed by atoms with Crippen LogP contribution in [0.25, 0.3) is 10.9 Å². The summed E-state index contributed by atoms with van der Waals surface area (Å²) in [4.78, 5) is 18.7. The zero-order valence-electron chi connectivity index (χ0n) is 9.82. The molecule has 0 amide bonds. The van der Waals surface area contributed by atoms with E-state index in [-0.39, 0.29) is 12.0 Å². The molecule has 0 aliphatic carbocycles. The Hall–Kier alpha value is -2.15. The second-order valence-electron chi connectivity index (χ2n) is 4.28. The second-order valence-corrected chi connectivity index (χ2v) is 4.28. The standard InChI is InChI=1S/C13H13N3O/c1-8(2)9-3-4-11-10(7-9)13(17)16-12(15-11)5-6-14/h3-4,7-8H,5H2,1-2H3,(H,15,16,17). The molecule has 0 spiro atoms. The number of aromatic nitrogens is 2. The normalized spacial score (nSPS) is 10.7. The van der Waals surface area contributed by atoms with Gasteiger partial charge in [-0.15, -0.1) is 0 Å². The molecule has 0 unspecified atom stereocenters. The molecule has 1 heterocycles. The Kier molecular flexibility index (Phi) is 2.92. The fraction of sp³-hybridized carbons (Fsp3) is 0.308. The number of rotatable bonds is 2. The van der Waals surface area contributed by atoms with Crippen molar-refractivity contribution in [2.45, 2.75) is 26.2 Å². The molecule has 0 aliphatic rings. The Labute approximate surface area is 98.9 Å². The van der Waals surface area contributed by atoms with Gasteiger partial charge in [-0.2, -0.15) is 5.26 Å². The Balaban J connectivity index is 2.65. The van der Waals surface area contributed by atoms with Gasteiger partial charge in [0.05, 0.1) is 23.4 Å². The highest BCUT2D eigenvalue weighted by Gasteiger charge is 2.06. The maximum absolute atomic E-state index is 11.8. The van der Waals surface area contributed by atoms with Gasteiger partial charge in [0.25, 0.3) is 5.56 Å². The summed E-state index contributed by atoms with van der Waals surface area (Å²) in [7, 11) is 0. The first-order valence-corrected chi connectivity index (χ1v) is 5.51. The quantitative estimate of drug-likeness (QED) is 0.854. The lowest BCUT2D eigenvalue weighted by atomic mass is 10.0. The third-order valence-corrected chi connectivity index (χ3v) is 2.69. The summed E-state index contributed by atoms with van der Waals surface area (Å²) in [6.07, 6.45) is 0.122. The van der Waals surface area contributed by atoms with E-state index in [0.29, 0.717) is 22.6 Å². The van der Waals surface area contributed by atoms with Crippen LogP contribution in [0.1, 0.15) is 31.2 Å². The monoisotopic (exact) mass is 227 g/mol. The molecule has 0 bridgehead atoms. The molecular formula is C13H13N3O. The summed E-state index contributed by atoms with van der Waals surface area (Å²) in [5.74, 6) is 0.792. The van der Waals surface area contributed by atoms with Crippen molar-refractivity contribution in [3.8, 4) is 6.07 Å². The van der Waals surface area contributed by atoms with Gasteiger partial charge in [-0.05, 0) is 23.6 Å². The van der Waals surface area contributed by atoms with Gasteiger partial charge < -0.3 is 4.98 Å². The van der Waals surface area contributed by atoms with Crippen molar-refractivity contribution in [2.24, 2.45) is 0 Å². The summed E-state index contributed by atoms with van der Waals surface area (Å²) in [6.45, 7) is 4.15. The Morgan fingerprint density at radius 3 is 2.88 bits per heavy atom. The van der Waals surface area contributed by atoms with Crippen LogP contribution in [0.3, 0.4) is 0 Å². The highest BCUT2D eigenvalue weighted by Crippen LogP contribution is 2.17. The molecule has 0 saturated heterocycles. The van der Waals surface area contributed by atoms with Gasteiger partial charge in [-0.25, -0.2) is 4.98 Å². The van der Waals surface area contributed by atoms with E-state index in [2.05, 4.69) is 23.8 Å². The van der Waals surface area contributed by atoms with Crippen LogP contribution in [0, 0.1) is 11.3 Å². The van der Waals surface area contributed by atoms with E-state index in [1.54, 1.807) is 0 Å². The first-order valence-electron chi connectivity index (χ1n) is 5.51. The summed E-state index contributed by atoms with van der Waals surface area (Å²) in [5.41, 5.74) is 1.57. The van der Waals surface area contributed by atoms with E-state index in [1.807, 2.05) is 24.3 Å². The number of hydrogen-bond acceptors (Lipinski definition) is 3. The lowest BCUT2D eigenvalue weighted by Crippen LogP contribution is -2.12. The molecule has 0 atom stereocenters. The van der Waals surface area contributed by atoms with Crippen LogP contribution >= 0.6 is 0 Å². The minimum Gasteiger partial charge on any atom is -0.309 e. The molecule has 0 fully saturated rings. The predicted octanol–water partition coefficient (Wildman–Crippen LogP) is 2.11. The van der Waals surface area contributed by atoms with E-state index in [4.69, 9.17) is 5.26 Å². The van der Waals surface area contributed by atoms with Gasteiger partial charge in [0.2, 0.25) is 0 Å². The smallest absolute Gasteiger partial charge is 0.258 e. The van der Waals surface area contributed by atoms with Crippen molar-refractivity contribution < 1.29 is 0 Å². The number of H-pyrrole nitrogens is 1. The number of benzene rings is 1. The lowest BCUT2D eigenvalue weighted by molar-refractivity contribution is 0.867. The van der Waals surface area contributed by atoms with Gasteiger partial charge in [0.1, 0.15) is 5.82 Å². The molecule has 0 aliphatic heterocycles. The van der Waals surface area contributed by atoms with E-state index in [0.717, 1.165) is 5.56 Å². The van der Waals surface area contributed by atoms with Crippen LogP contribution in [0.5, 0.6) is 0 Å². The zero-order valence-corrected chi connectivity index (χ0v) is 9.82. The molecule has 4 nitrogen and oxygen atoms in total. The minimum absolute atomic E-state index is 0.122. The molecule has 86 valence electrons. The maximum atomic E-state index is 11.8. The summed E-state index contributed by atoms with van der Waals surface area (Å²) in [6, 6.07) is 7.64. The summed E-state index contributed by atoms with van der Waals surface area (Å²) < 4.78 is 0. The summed E-state index contributed by atoms with van der Waals surface area (Å²) in [5, 5.41) is 9.17. The lowest BCUT2D eigenvalue weighted by Gasteiger charge is -2.06. The molecule has 4 heteroatoms. The minimum atomic E-state index is -0.178. The first kappa shape index (κ1) is 11.3. The van der Waals surface area contributed by atoms with Crippen molar-refractivity contribution in [1.29, 1.82) is 5.26 Å². The molecule has 17 heavy (non-hydrogen) atoms. The average molecular weight is 227 g/mol. The van der Waals surface area contributed by atoms with Gasteiger partial charge in [0.15, 0.2) is 0 Å². The third kappa shape index (κ3) is 2.18. The van der Waals surface area contributed by atoms with Crippen LogP contribution in [0.15, 0.2) is 23.0 Å². The third-order valence-electron chi connectivity index (χ3n) is 2.69. The van der Waals surface area contributed by atoms with Gasteiger partial charge >= 0.3 is 0 Å². The van der Waals surface area contributed by atoms with Crippen molar-refractivity contribution in [3.63, 3.8) is 0 Å². The van der Waals surface area contributed by atoms with Crippen LogP contribution < -0.4 is 5.56 Å². The van der Waals surface area contributed by atoms with E-state index >= 15 is 0 Å². The SMILES string of the molecule is CC(C)c1ccc2nc(CC#N)[nH]c(=O)c2c1. The Morgan fingerprint density at radius 1 is 1.47 bits per heavy atom. The molecule has 2 rings (SSSR count). The summed E-state index contributed by atoms with van der Waals surface area (Å²) >= 11 is 0. The largest absolute Gasteiger partial charge is 0.309 e. The van der Waals surface area contributed by atoms with Gasteiger partial charge in [-0.3, -0.25) is 4.79 Å².